The molecule has 3 unspecified atom stereocenters. The molecule has 3 saturated heterocycles. The van der Waals surface area contributed by atoms with E-state index in [9.17, 15) is 19.5 Å². The van der Waals surface area contributed by atoms with Crippen molar-refractivity contribution in [3.8, 4) is 0 Å². The summed E-state index contributed by atoms with van der Waals surface area (Å²) in [6.45, 7) is 6.27. The first-order chi connectivity index (χ1) is 18.7. The van der Waals surface area contributed by atoms with Crippen LogP contribution in [0.4, 0.5) is 5.69 Å². The number of hydrogen-bond donors (Lipinski definition) is 3. The monoisotopic (exact) mass is 569 g/mol. The molecule has 2 aromatic carbocycles. The van der Waals surface area contributed by atoms with Crippen molar-refractivity contribution in [2.75, 3.05) is 11.9 Å². The largest absolute Gasteiger partial charge is 0.394 e. The van der Waals surface area contributed by atoms with Crippen LogP contribution in [0.15, 0.2) is 54.6 Å². The summed E-state index contributed by atoms with van der Waals surface area (Å²) in [6.07, 6.45) is 1.30. The van der Waals surface area contributed by atoms with Crippen molar-refractivity contribution >= 4 is 46.8 Å². The average molecular weight is 570 g/mol. The van der Waals surface area contributed by atoms with Crippen LogP contribution in [0.3, 0.4) is 0 Å². The standard InChI is InChI=1S/C30H36ClN3O4S/c1-17(2)13-20(16-35)34-26(28(37)33-22-12-8-7-11-21(22)31)30-18(3)14-23(39-30)24(25(30)29(34)38)27(36)32-15-19-9-5-4-6-10-19/h4-12,17-18,20,23-26,35H,13-16H2,1-3H3,(H,32,36)(H,33,37)/t18?,20-,23-,24+,25+,26?,30?/m1/s1. The van der Waals surface area contributed by atoms with Crippen molar-refractivity contribution in [2.24, 2.45) is 23.7 Å². The summed E-state index contributed by atoms with van der Waals surface area (Å²) in [5, 5.41) is 16.8. The lowest BCUT2D eigenvalue weighted by atomic mass is 9.66. The highest BCUT2D eigenvalue weighted by molar-refractivity contribution is 8.02. The molecule has 2 bridgehead atoms. The molecule has 3 aliphatic heterocycles. The Hall–Kier alpha value is -2.55. The number of rotatable bonds is 9. The quantitative estimate of drug-likeness (QED) is 0.417. The SMILES string of the molecule is CC(C)C[C@H](CO)N1C(=O)[C@@H]2[C@@H](C(=O)NCc3ccccc3)[C@H]3CC(C)C2(S3)C1C(=O)Nc1ccccc1Cl. The van der Waals surface area contributed by atoms with Crippen LogP contribution in [-0.4, -0.2) is 56.4 Å². The van der Waals surface area contributed by atoms with Gasteiger partial charge in [0.25, 0.3) is 0 Å². The Labute approximate surface area is 239 Å². The highest BCUT2D eigenvalue weighted by atomic mass is 35.5. The van der Waals surface area contributed by atoms with E-state index in [2.05, 4.69) is 17.6 Å². The number of carbonyl (C=O) groups is 3. The van der Waals surface area contributed by atoms with Crippen molar-refractivity contribution in [3.05, 3.63) is 65.2 Å². The number of benzene rings is 2. The number of aliphatic hydroxyl groups is 1. The van der Waals surface area contributed by atoms with Gasteiger partial charge in [-0.3, -0.25) is 14.4 Å². The van der Waals surface area contributed by atoms with Gasteiger partial charge in [-0.05, 0) is 42.4 Å². The van der Waals surface area contributed by atoms with Gasteiger partial charge in [-0.15, -0.1) is 11.8 Å². The summed E-state index contributed by atoms with van der Waals surface area (Å²) < 4.78 is -0.772. The lowest BCUT2D eigenvalue weighted by Gasteiger charge is -2.40. The normalized spacial score (nSPS) is 29.9. The molecule has 0 aliphatic carbocycles. The Balaban J connectivity index is 1.51. The van der Waals surface area contributed by atoms with Gasteiger partial charge in [0, 0.05) is 11.8 Å². The second-order valence-corrected chi connectivity index (χ2v) is 13.4. The fourth-order valence-electron chi connectivity index (χ4n) is 6.94. The summed E-state index contributed by atoms with van der Waals surface area (Å²) >= 11 is 7.99. The molecule has 7 atom stereocenters. The van der Waals surface area contributed by atoms with Gasteiger partial charge in [0.2, 0.25) is 17.7 Å². The molecule has 208 valence electrons. The first-order valence-electron chi connectivity index (χ1n) is 13.7. The molecule has 0 radical (unpaired) electrons. The zero-order valence-corrected chi connectivity index (χ0v) is 24.0. The first kappa shape index (κ1) is 28.0. The Kier molecular flexibility index (Phi) is 8.00. The number of hydrogen-bond acceptors (Lipinski definition) is 5. The molecule has 39 heavy (non-hydrogen) atoms. The highest BCUT2D eigenvalue weighted by Crippen LogP contribution is 2.69. The second-order valence-electron chi connectivity index (χ2n) is 11.4. The number of anilines is 1. The molecule has 3 aliphatic rings. The number of thioether (sulfide) groups is 1. The van der Waals surface area contributed by atoms with Crippen molar-refractivity contribution in [3.63, 3.8) is 0 Å². The third kappa shape index (κ3) is 4.85. The molecule has 0 aromatic heterocycles. The Morgan fingerprint density at radius 2 is 1.82 bits per heavy atom. The van der Waals surface area contributed by atoms with Crippen LogP contribution >= 0.6 is 23.4 Å². The lowest BCUT2D eigenvalue weighted by Crippen LogP contribution is -2.57. The average Bonchev–Trinajstić information content (AvgIpc) is 3.51. The van der Waals surface area contributed by atoms with Crippen LogP contribution in [0.1, 0.15) is 39.2 Å². The van der Waals surface area contributed by atoms with E-state index >= 15 is 0 Å². The number of para-hydroxylation sites is 1. The number of likely N-dealkylation sites (tertiary alicyclic amines) is 1. The van der Waals surface area contributed by atoms with Crippen LogP contribution in [0.5, 0.6) is 0 Å². The van der Waals surface area contributed by atoms with Gasteiger partial charge in [0.15, 0.2) is 0 Å². The zero-order chi connectivity index (χ0) is 27.9. The van der Waals surface area contributed by atoms with E-state index in [1.54, 1.807) is 40.9 Å². The maximum atomic E-state index is 14.3. The van der Waals surface area contributed by atoms with Crippen LogP contribution in [-0.2, 0) is 20.9 Å². The van der Waals surface area contributed by atoms with E-state index in [1.807, 2.05) is 44.2 Å². The van der Waals surface area contributed by atoms with E-state index in [1.165, 1.54) is 0 Å². The smallest absolute Gasteiger partial charge is 0.248 e. The van der Waals surface area contributed by atoms with Gasteiger partial charge in [0.1, 0.15) is 6.04 Å². The van der Waals surface area contributed by atoms with Crippen LogP contribution in [0.25, 0.3) is 0 Å². The van der Waals surface area contributed by atoms with E-state index in [-0.39, 0.29) is 41.4 Å². The number of halogens is 1. The predicted molar refractivity (Wildman–Crippen MR) is 154 cm³/mol. The number of aliphatic hydroxyl groups excluding tert-OH is 1. The van der Waals surface area contributed by atoms with Gasteiger partial charge >= 0.3 is 0 Å². The fourth-order valence-corrected chi connectivity index (χ4v) is 9.53. The molecule has 3 fully saturated rings. The number of nitrogens with one attached hydrogen (secondary N) is 2. The Bertz CT molecular complexity index is 1240. The maximum Gasteiger partial charge on any atom is 0.248 e. The Morgan fingerprint density at radius 1 is 1.13 bits per heavy atom. The second kappa shape index (κ2) is 11.1. The van der Waals surface area contributed by atoms with Gasteiger partial charge in [-0.2, -0.15) is 0 Å². The zero-order valence-electron chi connectivity index (χ0n) is 22.5. The van der Waals surface area contributed by atoms with Crippen molar-refractivity contribution in [2.45, 2.75) is 62.2 Å². The molecule has 3 amide bonds. The molecule has 7 nitrogen and oxygen atoms in total. The van der Waals surface area contributed by atoms with Gasteiger partial charge < -0.3 is 20.6 Å². The number of nitrogens with zero attached hydrogens (tertiary/aromatic N) is 1. The minimum absolute atomic E-state index is 0.0324. The Morgan fingerprint density at radius 3 is 2.49 bits per heavy atom. The number of fused-ring (bicyclic) bond motifs is 1. The fraction of sp³-hybridized carbons (Fsp3) is 0.500. The third-order valence-electron chi connectivity index (χ3n) is 8.52. The minimum atomic E-state index is -0.834. The molecular formula is C30H36ClN3O4S. The predicted octanol–water partition coefficient (Wildman–Crippen LogP) is 4.34. The topological polar surface area (TPSA) is 98.7 Å². The molecule has 5 rings (SSSR count). The van der Waals surface area contributed by atoms with E-state index < -0.39 is 28.7 Å². The van der Waals surface area contributed by atoms with Gasteiger partial charge in [0.05, 0.1) is 39.9 Å². The molecule has 3 N–H and O–H groups in total. The summed E-state index contributed by atoms with van der Waals surface area (Å²) in [4.78, 5) is 43.7. The molecule has 3 heterocycles. The lowest BCUT2D eigenvalue weighted by molar-refractivity contribution is -0.142. The van der Waals surface area contributed by atoms with Gasteiger partial charge in [-0.25, -0.2) is 0 Å². The summed E-state index contributed by atoms with van der Waals surface area (Å²) in [5.74, 6) is -1.64. The van der Waals surface area contributed by atoms with Crippen LogP contribution in [0.2, 0.25) is 5.02 Å². The van der Waals surface area contributed by atoms with E-state index in [0.717, 1.165) is 12.0 Å². The number of carbonyl (C=O) groups excluding carboxylic acids is 3. The van der Waals surface area contributed by atoms with Crippen LogP contribution < -0.4 is 10.6 Å². The highest BCUT2D eigenvalue weighted by Gasteiger charge is 2.76. The van der Waals surface area contributed by atoms with Crippen LogP contribution in [0, 0.1) is 23.7 Å². The van der Waals surface area contributed by atoms with Crippen molar-refractivity contribution in [1.29, 1.82) is 0 Å². The maximum absolute atomic E-state index is 14.3. The molecular weight excluding hydrogens is 534 g/mol. The number of amides is 3. The molecule has 1 spiro atoms. The first-order valence-corrected chi connectivity index (χ1v) is 14.9. The molecule has 2 aromatic rings. The third-order valence-corrected chi connectivity index (χ3v) is 10.9. The van der Waals surface area contributed by atoms with Gasteiger partial charge in [-0.1, -0.05) is 74.8 Å². The summed E-state index contributed by atoms with van der Waals surface area (Å²) in [7, 11) is 0. The minimum Gasteiger partial charge on any atom is -0.394 e. The summed E-state index contributed by atoms with van der Waals surface area (Å²) in [6, 6.07) is 15.3. The molecule has 0 saturated carbocycles. The van der Waals surface area contributed by atoms with Crippen molar-refractivity contribution in [1.82, 2.24) is 10.2 Å². The van der Waals surface area contributed by atoms with E-state index in [0.29, 0.717) is 23.7 Å². The van der Waals surface area contributed by atoms with Crippen molar-refractivity contribution < 1.29 is 19.5 Å². The molecule has 9 heteroatoms. The summed E-state index contributed by atoms with van der Waals surface area (Å²) in [5.41, 5.74) is 1.46. The van der Waals surface area contributed by atoms with E-state index in [4.69, 9.17) is 11.6 Å².